The van der Waals surface area contributed by atoms with E-state index in [0.717, 1.165) is 42.0 Å². The van der Waals surface area contributed by atoms with Crippen LogP contribution >= 0.6 is 0 Å². The molecule has 1 saturated carbocycles. The number of benzene rings is 4. The second-order valence-electron chi connectivity index (χ2n) is 11.6. The van der Waals surface area contributed by atoms with Crippen LogP contribution in [0.15, 0.2) is 114 Å². The standard InChI is InChI=1S/C37H41N3O6S/c1-28(37(42)38-30-12-6-3-7-13-30)39(26-29-18-22-32(45-2)23-19-29)36(41)27-40(47(43,44)35-16-10-5-11-17-35)31-20-24-34(25-21-31)46-33-14-8-4-9-15-33/h4-5,8-11,14-25,28,30H,3,6-7,12-13,26-27H2,1-2H3,(H,38,42)/t28-/m0/s1. The van der Waals surface area contributed by atoms with Gasteiger partial charge in [0.25, 0.3) is 10.0 Å². The lowest BCUT2D eigenvalue weighted by Crippen LogP contribution is -2.53. The van der Waals surface area contributed by atoms with Crippen LogP contribution in [0.25, 0.3) is 0 Å². The molecule has 1 fully saturated rings. The first-order chi connectivity index (χ1) is 22.7. The molecular weight excluding hydrogens is 614 g/mol. The highest BCUT2D eigenvalue weighted by Crippen LogP contribution is 2.29. The summed E-state index contributed by atoms with van der Waals surface area (Å²) in [6.07, 6.45) is 5.05. The predicted molar refractivity (Wildman–Crippen MR) is 182 cm³/mol. The maximum atomic E-state index is 14.3. The van der Waals surface area contributed by atoms with E-state index in [4.69, 9.17) is 9.47 Å². The van der Waals surface area contributed by atoms with E-state index in [1.54, 1.807) is 68.6 Å². The summed E-state index contributed by atoms with van der Waals surface area (Å²) >= 11 is 0. The van der Waals surface area contributed by atoms with Gasteiger partial charge in [0.05, 0.1) is 17.7 Å². The highest BCUT2D eigenvalue weighted by molar-refractivity contribution is 7.92. The number of nitrogens with one attached hydrogen (secondary N) is 1. The minimum Gasteiger partial charge on any atom is -0.497 e. The van der Waals surface area contributed by atoms with E-state index < -0.39 is 28.5 Å². The number of sulfonamides is 1. The van der Waals surface area contributed by atoms with E-state index in [2.05, 4.69) is 5.32 Å². The molecule has 1 aliphatic carbocycles. The Kier molecular flexibility index (Phi) is 11.2. The third-order valence-electron chi connectivity index (χ3n) is 8.34. The molecule has 2 amide bonds. The number of rotatable bonds is 13. The number of hydrogen-bond donors (Lipinski definition) is 1. The van der Waals surface area contributed by atoms with Gasteiger partial charge in [-0.1, -0.05) is 67.8 Å². The number of nitrogens with zero attached hydrogens (tertiary/aromatic N) is 2. The second kappa shape index (κ2) is 15.6. The molecule has 0 saturated heterocycles. The Morgan fingerprint density at radius 3 is 1.98 bits per heavy atom. The predicted octanol–water partition coefficient (Wildman–Crippen LogP) is 6.55. The summed E-state index contributed by atoms with van der Waals surface area (Å²) in [6.45, 7) is 1.27. The molecular formula is C37H41N3O6S. The summed E-state index contributed by atoms with van der Waals surface area (Å²) in [7, 11) is -2.60. The van der Waals surface area contributed by atoms with Crippen molar-refractivity contribution in [3.8, 4) is 17.2 Å². The highest BCUT2D eigenvalue weighted by atomic mass is 32.2. The molecule has 4 aromatic rings. The fourth-order valence-corrected chi connectivity index (χ4v) is 7.07. The molecule has 0 unspecified atom stereocenters. The quantitative estimate of drug-likeness (QED) is 0.175. The Labute approximate surface area is 277 Å². The number of carbonyl (C=O) groups is 2. The van der Waals surface area contributed by atoms with Gasteiger partial charge in [0.15, 0.2) is 0 Å². The van der Waals surface area contributed by atoms with E-state index >= 15 is 0 Å². The van der Waals surface area contributed by atoms with Gasteiger partial charge in [-0.3, -0.25) is 13.9 Å². The summed E-state index contributed by atoms with van der Waals surface area (Å²) in [5.41, 5.74) is 1.06. The van der Waals surface area contributed by atoms with Crippen LogP contribution in [0.4, 0.5) is 5.69 Å². The van der Waals surface area contributed by atoms with Crippen LogP contribution in [0, 0.1) is 0 Å². The smallest absolute Gasteiger partial charge is 0.264 e. The van der Waals surface area contributed by atoms with Crippen molar-refractivity contribution in [2.45, 2.75) is 62.6 Å². The van der Waals surface area contributed by atoms with Crippen molar-refractivity contribution in [2.24, 2.45) is 0 Å². The van der Waals surface area contributed by atoms with Gasteiger partial charge in [-0.25, -0.2) is 8.42 Å². The van der Waals surface area contributed by atoms with Gasteiger partial charge >= 0.3 is 0 Å². The van der Waals surface area contributed by atoms with E-state index in [9.17, 15) is 18.0 Å². The first-order valence-electron chi connectivity index (χ1n) is 15.9. The van der Waals surface area contributed by atoms with Crippen molar-refractivity contribution in [3.63, 3.8) is 0 Å². The lowest BCUT2D eigenvalue weighted by molar-refractivity contribution is -0.139. The van der Waals surface area contributed by atoms with Crippen LogP contribution in [0.5, 0.6) is 17.2 Å². The lowest BCUT2D eigenvalue weighted by atomic mass is 9.95. The van der Waals surface area contributed by atoms with E-state index in [-0.39, 0.29) is 29.1 Å². The van der Waals surface area contributed by atoms with Gasteiger partial charge in [0, 0.05) is 12.6 Å². The number of ether oxygens (including phenoxy) is 2. The zero-order valence-corrected chi connectivity index (χ0v) is 27.6. The maximum Gasteiger partial charge on any atom is 0.264 e. The van der Waals surface area contributed by atoms with Crippen LogP contribution < -0.4 is 19.1 Å². The van der Waals surface area contributed by atoms with Crippen molar-refractivity contribution in [1.29, 1.82) is 0 Å². The van der Waals surface area contributed by atoms with Crippen molar-refractivity contribution in [2.75, 3.05) is 18.0 Å². The third-order valence-corrected chi connectivity index (χ3v) is 10.1. The van der Waals surface area contributed by atoms with Gasteiger partial charge in [-0.15, -0.1) is 0 Å². The molecule has 5 rings (SSSR count). The largest absolute Gasteiger partial charge is 0.497 e. The van der Waals surface area contributed by atoms with Crippen molar-refractivity contribution in [1.82, 2.24) is 10.2 Å². The van der Waals surface area contributed by atoms with Gasteiger partial charge < -0.3 is 19.7 Å². The summed E-state index contributed by atoms with van der Waals surface area (Å²) < 4.78 is 40.5. The van der Waals surface area contributed by atoms with Gasteiger partial charge in [0.2, 0.25) is 11.8 Å². The van der Waals surface area contributed by atoms with E-state index in [0.29, 0.717) is 17.2 Å². The average Bonchev–Trinajstić information content (AvgIpc) is 3.11. The molecule has 10 heteroatoms. The Balaban J connectivity index is 1.45. The van der Waals surface area contributed by atoms with Gasteiger partial charge in [0.1, 0.15) is 29.8 Å². The molecule has 0 aliphatic heterocycles. The summed E-state index contributed by atoms with van der Waals surface area (Å²) in [6, 6.07) is 30.2. The summed E-state index contributed by atoms with van der Waals surface area (Å²) in [4.78, 5) is 29.3. The van der Waals surface area contributed by atoms with Gasteiger partial charge in [-0.2, -0.15) is 0 Å². The molecule has 0 spiro atoms. The fourth-order valence-electron chi connectivity index (χ4n) is 5.63. The number of hydrogen-bond acceptors (Lipinski definition) is 6. The zero-order chi connectivity index (χ0) is 33.2. The molecule has 47 heavy (non-hydrogen) atoms. The Morgan fingerprint density at radius 2 is 1.36 bits per heavy atom. The Morgan fingerprint density at radius 1 is 0.787 bits per heavy atom. The minimum atomic E-state index is -4.18. The van der Waals surface area contributed by atoms with Crippen LogP contribution in [-0.4, -0.2) is 50.9 Å². The first-order valence-corrected chi connectivity index (χ1v) is 17.3. The fraction of sp³-hybridized carbons (Fsp3) is 0.297. The SMILES string of the molecule is COc1ccc(CN(C(=O)CN(c2ccc(Oc3ccccc3)cc2)S(=O)(=O)c2ccccc2)[C@@H](C)C(=O)NC2CCCCC2)cc1. The lowest BCUT2D eigenvalue weighted by Gasteiger charge is -2.33. The molecule has 1 N–H and O–H groups in total. The van der Waals surface area contributed by atoms with E-state index in [1.807, 2.05) is 42.5 Å². The minimum absolute atomic E-state index is 0.0437. The second-order valence-corrected chi connectivity index (χ2v) is 13.5. The highest BCUT2D eigenvalue weighted by Gasteiger charge is 2.33. The molecule has 0 bridgehead atoms. The molecule has 0 radical (unpaired) electrons. The zero-order valence-electron chi connectivity index (χ0n) is 26.7. The number of methoxy groups -OCH3 is 1. The topological polar surface area (TPSA) is 105 Å². The summed E-state index contributed by atoms with van der Waals surface area (Å²) in [5.74, 6) is 1.03. The molecule has 246 valence electrons. The molecule has 9 nitrogen and oxygen atoms in total. The maximum absolute atomic E-state index is 14.3. The van der Waals surface area contributed by atoms with Gasteiger partial charge in [-0.05, 0) is 86.0 Å². The monoisotopic (exact) mass is 655 g/mol. The Bertz CT molecular complexity index is 1710. The molecule has 1 aliphatic rings. The number of para-hydroxylation sites is 1. The van der Waals surface area contributed by atoms with Crippen LogP contribution in [0.2, 0.25) is 0 Å². The number of anilines is 1. The van der Waals surface area contributed by atoms with Crippen LogP contribution in [0.3, 0.4) is 0 Å². The Hall–Kier alpha value is -4.83. The van der Waals surface area contributed by atoms with E-state index in [1.165, 1.54) is 17.0 Å². The van der Waals surface area contributed by atoms with Crippen molar-refractivity contribution in [3.05, 3.63) is 115 Å². The van der Waals surface area contributed by atoms with Crippen molar-refractivity contribution < 1.29 is 27.5 Å². The molecule has 1 atom stereocenters. The first kappa shape index (κ1) is 33.5. The van der Waals surface area contributed by atoms with Crippen LogP contribution in [-0.2, 0) is 26.2 Å². The molecule has 0 heterocycles. The third kappa shape index (κ3) is 8.71. The molecule has 0 aromatic heterocycles. The normalized spacial score (nSPS) is 14.1. The summed E-state index contributed by atoms with van der Waals surface area (Å²) in [5, 5.41) is 3.13. The van der Waals surface area contributed by atoms with Crippen molar-refractivity contribution >= 4 is 27.5 Å². The molecule has 4 aromatic carbocycles. The van der Waals surface area contributed by atoms with Crippen LogP contribution in [0.1, 0.15) is 44.6 Å². The number of amides is 2. The number of carbonyl (C=O) groups excluding carboxylic acids is 2. The average molecular weight is 656 g/mol.